The first-order valence-corrected chi connectivity index (χ1v) is 12.0. The van der Waals surface area contributed by atoms with Crippen molar-refractivity contribution in [1.29, 1.82) is 0 Å². The molecule has 178 valence electrons. The highest BCUT2D eigenvalue weighted by molar-refractivity contribution is 5.95. The highest BCUT2D eigenvalue weighted by Crippen LogP contribution is 2.38. The Balaban J connectivity index is 1.51. The van der Waals surface area contributed by atoms with Crippen LogP contribution in [0.5, 0.6) is 23.0 Å². The minimum Gasteiger partial charge on any atom is -0.493 e. The van der Waals surface area contributed by atoms with Crippen LogP contribution in [0.15, 0.2) is 36.4 Å². The predicted octanol–water partition coefficient (Wildman–Crippen LogP) is 5.49. The number of hydrogen-bond donors (Lipinski definition) is 1. The van der Waals surface area contributed by atoms with Crippen LogP contribution in [0.1, 0.15) is 73.2 Å². The van der Waals surface area contributed by atoms with Gasteiger partial charge in [0.2, 0.25) is 0 Å². The summed E-state index contributed by atoms with van der Waals surface area (Å²) in [6.45, 7) is 0. The molecular formula is C27H35NO5. The highest BCUT2D eigenvalue weighted by atomic mass is 16.5. The van der Waals surface area contributed by atoms with Crippen LogP contribution in [0.3, 0.4) is 0 Å². The van der Waals surface area contributed by atoms with Crippen molar-refractivity contribution in [2.24, 2.45) is 0 Å². The molecule has 0 bridgehead atoms. The van der Waals surface area contributed by atoms with Crippen molar-refractivity contribution in [2.75, 3.05) is 21.3 Å². The number of hydrogen-bond acceptors (Lipinski definition) is 5. The van der Waals surface area contributed by atoms with Crippen molar-refractivity contribution in [3.8, 4) is 23.0 Å². The molecule has 0 heterocycles. The molecule has 6 heteroatoms. The van der Waals surface area contributed by atoms with Gasteiger partial charge in [-0.1, -0.05) is 18.9 Å². The fourth-order valence-corrected chi connectivity index (χ4v) is 5.13. The summed E-state index contributed by atoms with van der Waals surface area (Å²) in [6.07, 6.45) is 8.90. The molecule has 0 saturated heterocycles. The molecule has 0 aliphatic heterocycles. The van der Waals surface area contributed by atoms with E-state index in [1.54, 1.807) is 21.3 Å². The average molecular weight is 454 g/mol. The molecular weight excluding hydrogens is 418 g/mol. The number of rotatable bonds is 8. The van der Waals surface area contributed by atoms with E-state index in [2.05, 4.69) is 11.4 Å². The van der Waals surface area contributed by atoms with Crippen LogP contribution in [0, 0.1) is 0 Å². The summed E-state index contributed by atoms with van der Waals surface area (Å²) in [4.78, 5) is 13.3. The van der Waals surface area contributed by atoms with E-state index in [1.165, 1.54) is 12.8 Å². The van der Waals surface area contributed by atoms with Gasteiger partial charge in [-0.2, -0.15) is 0 Å². The van der Waals surface area contributed by atoms with Gasteiger partial charge in [-0.15, -0.1) is 0 Å². The third-order valence-electron chi connectivity index (χ3n) is 6.94. The zero-order valence-electron chi connectivity index (χ0n) is 19.9. The van der Waals surface area contributed by atoms with Gasteiger partial charge in [0.1, 0.15) is 0 Å². The fourth-order valence-electron chi connectivity index (χ4n) is 5.13. The smallest absolute Gasteiger partial charge is 0.251 e. The monoisotopic (exact) mass is 453 g/mol. The first kappa shape index (κ1) is 23.3. The topological polar surface area (TPSA) is 66.0 Å². The molecule has 2 aromatic carbocycles. The minimum absolute atomic E-state index is 0.0608. The zero-order valence-corrected chi connectivity index (χ0v) is 19.9. The SMILES string of the molecule is COc1ccc([C@H]2CCCC[C@H]2NC(=O)c2ccc(OC)c(OC3CCCC3)c2)cc1OC. The molecule has 2 saturated carbocycles. The van der Waals surface area contributed by atoms with Crippen LogP contribution in [0.4, 0.5) is 0 Å². The normalized spacial score (nSPS) is 20.8. The fraction of sp³-hybridized carbons (Fsp3) is 0.519. The van der Waals surface area contributed by atoms with E-state index in [1.807, 2.05) is 30.3 Å². The van der Waals surface area contributed by atoms with Crippen LogP contribution in [0.2, 0.25) is 0 Å². The summed E-state index contributed by atoms with van der Waals surface area (Å²) in [5.74, 6) is 2.90. The first-order valence-electron chi connectivity index (χ1n) is 12.0. The van der Waals surface area contributed by atoms with E-state index in [9.17, 15) is 4.79 Å². The van der Waals surface area contributed by atoms with Crippen molar-refractivity contribution in [3.05, 3.63) is 47.5 Å². The zero-order chi connectivity index (χ0) is 23.2. The van der Waals surface area contributed by atoms with Crippen molar-refractivity contribution >= 4 is 5.91 Å². The molecule has 2 fully saturated rings. The first-order chi connectivity index (χ1) is 16.1. The van der Waals surface area contributed by atoms with Gasteiger partial charge >= 0.3 is 0 Å². The van der Waals surface area contributed by atoms with Crippen molar-refractivity contribution < 1.29 is 23.7 Å². The molecule has 2 aliphatic carbocycles. The lowest BCUT2D eigenvalue weighted by atomic mass is 9.79. The Bertz CT molecular complexity index is 954. The van der Waals surface area contributed by atoms with Gasteiger partial charge in [-0.05, 0) is 74.4 Å². The van der Waals surface area contributed by atoms with E-state index in [0.29, 0.717) is 22.8 Å². The van der Waals surface area contributed by atoms with Crippen LogP contribution >= 0.6 is 0 Å². The number of benzene rings is 2. The summed E-state index contributed by atoms with van der Waals surface area (Å²) in [5, 5.41) is 3.30. The number of carbonyl (C=O) groups excluding carboxylic acids is 1. The summed E-state index contributed by atoms with van der Waals surface area (Å²) >= 11 is 0. The highest BCUT2D eigenvalue weighted by Gasteiger charge is 2.29. The molecule has 1 amide bonds. The Morgan fingerprint density at radius 2 is 1.39 bits per heavy atom. The lowest BCUT2D eigenvalue weighted by Gasteiger charge is -2.33. The molecule has 33 heavy (non-hydrogen) atoms. The van der Waals surface area contributed by atoms with Gasteiger partial charge < -0.3 is 24.3 Å². The second-order valence-electron chi connectivity index (χ2n) is 8.98. The van der Waals surface area contributed by atoms with Gasteiger partial charge in [0, 0.05) is 17.5 Å². The Morgan fingerprint density at radius 3 is 2.12 bits per heavy atom. The molecule has 2 atom stereocenters. The third-order valence-corrected chi connectivity index (χ3v) is 6.94. The quantitative estimate of drug-likeness (QED) is 0.573. The molecule has 2 aliphatic rings. The Labute approximate surface area is 196 Å². The van der Waals surface area contributed by atoms with Crippen LogP contribution < -0.4 is 24.3 Å². The molecule has 6 nitrogen and oxygen atoms in total. The third kappa shape index (κ3) is 5.37. The summed E-state index contributed by atoms with van der Waals surface area (Å²) in [6, 6.07) is 11.6. The molecule has 1 N–H and O–H groups in total. The lowest BCUT2D eigenvalue weighted by Crippen LogP contribution is -2.41. The molecule has 0 spiro atoms. The van der Waals surface area contributed by atoms with E-state index in [0.717, 1.165) is 49.8 Å². The Hall–Kier alpha value is -2.89. The summed E-state index contributed by atoms with van der Waals surface area (Å²) in [5.41, 5.74) is 1.76. The second kappa shape index (κ2) is 10.8. The number of ether oxygens (including phenoxy) is 4. The average Bonchev–Trinajstić information content (AvgIpc) is 3.37. The Morgan fingerprint density at radius 1 is 0.758 bits per heavy atom. The van der Waals surface area contributed by atoms with E-state index >= 15 is 0 Å². The minimum atomic E-state index is -0.0775. The number of carbonyl (C=O) groups is 1. The number of methoxy groups -OCH3 is 3. The Kier molecular flexibility index (Phi) is 7.63. The van der Waals surface area contributed by atoms with E-state index in [-0.39, 0.29) is 24.0 Å². The number of nitrogens with one attached hydrogen (secondary N) is 1. The van der Waals surface area contributed by atoms with Gasteiger partial charge in [-0.3, -0.25) is 4.79 Å². The van der Waals surface area contributed by atoms with E-state index in [4.69, 9.17) is 18.9 Å². The molecule has 0 aromatic heterocycles. The van der Waals surface area contributed by atoms with Gasteiger partial charge in [0.05, 0.1) is 27.4 Å². The number of amides is 1. The van der Waals surface area contributed by atoms with Crippen LogP contribution in [-0.2, 0) is 0 Å². The summed E-state index contributed by atoms with van der Waals surface area (Å²) in [7, 11) is 4.92. The lowest BCUT2D eigenvalue weighted by molar-refractivity contribution is 0.0919. The van der Waals surface area contributed by atoms with Gasteiger partial charge in [0.15, 0.2) is 23.0 Å². The predicted molar refractivity (Wildman–Crippen MR) is 128 cm³/mol. The van der Waals surface area contributed by atoms with Crippen LogP contribution in [0.25, 0.3) is 0 Å². The maximum absolute atomic E-state index is 13.3. The van der Waals surface area contributed by atoms with Crippen LogP contribution in [-0.4, -0.2) is 39.4 Å². The van der Waals surface area contributed by atoms with E-state index < -0.39 is 0 Å². The van der Waals surface area contributed by atoms with Crippen molar-refractivity contribution in [3.63, 3.8) is 0 Å². The standard InChI is InChI=1S/C27H35NO5/c1-30-23-14-12-18(16-25(23)32-3)21-10-6-7-11-22(21)28-27(29)19-13-15-24(31-2)26(17-19)33-20-8-4-5-9-20/h12-17,20-22H,4-11H2,1-3H3,(H,28,29)/t21-,22-/m1/s1. The second-order valence-corrected chi connectivity index (χ2v) is 8.98. The molecule has 2 aromatic rings. The molecule has 0 radical (unpaired) electrons. The molecule has 4 rings (SSSR count). The maximum atomic E-state index is 13.3. The van der Waals surface area contributed by atoms with Gasteiger partial charge in [-0.25, -0.2) is 0 Å². The largest absolute Gasteiger partial charge is 0.493 e. The van der Waals surface area contributed by atoms with Crippen molar-refractivity contribution in [1.82, 2.24) is 5.32 Å². The maximum Gasteiger partial charge on any atom is 0.251 e. The molecule has 0 unspecified atom stereocenters. The van der Waals surface area contributed by atoms with Gasteiger partial charge in [0.25, 0.3) is 5.91 Å². The summed E-state index contributed by atoms with van der Waals surface area (Å²) < 4.78 is 22.6. The van der Waals surface area contributed by atoms with Crippen molar-refractivity contribution in [2.45, 2.75) is 69.4 Å².